The highest BCUT2D eigenvalue weighted by Crippen LogP contribution is 2.23. The number of nitrogens with one attached hydrogen (secondary N) is 1. The number of nitrogens with zero attached hydrogens (tertiary/aromatic N) is 2. The average Bonchev–Trinajstić information content (AvgIpc) is 2.82. The molecule has 2 rings (SSSR count). The Hall–Kier alpha value is -1.16. The number of nitrogens with two attached hydrogens (primary N) is 1. The average molecular weight is 192 g/mol. The highest BCUT2D eigenvalue weighted by Gasteiger charge is 2.33. The van der Waals surface area contributed by atoms with Crippen molar-refractivity contribution in [2.45, 2.75) is 38.3 Å². The van der Waals surface area contributed by atoms with Gasteiger partial charge in [0.25, 0.3) is 0 Å². The van der Waals surface area contributed by atoms with Crippen LogP contribution in [0.2, 0.25) is 0 Å². The van der Waals surface area contributed by atoms with E-state index < -0.39 is 0 Å². The molecule has 2 unspecified atom stereocenters. The van der Waals surface area contributed by atoms with Gasteiger partial charge in [0.1, 0.15) is 12.1 Å². The molecular weight excluding hydrogens is 176 g/mol. The van der Waals surface area contributed by atoms with Gasteiger partial charge < -0.3 is 11.1 Å². The molecule has 0 saturated heterocycles. The van der Waals surface area contributed by atoms with E-state index in [4.69, 9.17) is 5.73 Å². The van der Waals surface area contributed by atoms with Crippen molar-refractivity contribution < 1.29 is 0 Å². The smallest absolute Gasteiger partial charge is 0.129 e. The molecule has 1 aliphatic rings. The summed E-state index contributed by atoms with van der Waals surface area (Å²) in [6, 6.07) is 2.70. The van der Waals surface area contributed by atoms with Crippen molar-refractivity contribution in [2.75, 3.05) is 5.32 Å². The molecule has 1 aromatic rings. The van der Waals surface area contributed by atoms with Crippen LogP contribution in [0.3, 0.4) is 0 Å². The van der Waals surface area contributed by atoms with Crippen molar-refractivity contribution in [3.63, 3.8) is 0 Å². The van der Waals surface area contributed by atoms with Crippen molar-refractivity contribution in [3.05, 3.63) is 18.1 Å². The summed E-state index contributed by atoms with van der Waals surface area (Å²) in [7, 11) is 0. The Kier molecular flexibility index (Phi) is 2.37. The maximum absolute atomic E-state index is 5.71. The van der Waals surface area contributed by atoms with Crippen molar-refractivity contribution in [1.82, 2.24) is 9.97 Å². The molecule has 1 saturated carbocycles. The minimum Gasteiger partial charge on any atom is -0.366 e. The number of anilines is 1. The fraction of sp³-hybridized carbons (Fsp3) is 0.600. The van der Waals surface area contributed by atoms with Crippen molar-refractivity contribution >= 4 is 5.82 Å². The molecule has 0 aliphatic heterocycles. The van der Waals surface area contributed by atoms with Gasteiger partial charge >= 0.3 is 0 Å². The first-order valence-corrected chi connectivity index (χ1v) is 5.01. The van der Waals surface area contributed by atoms with E-state index in [9.17, 15) is 0 Å². The second-order valence-electron chi connectivity index (χ2n) is 4.13. The van der Waals surface area contributed by atoms with Gasteiger partial charge in [0.15, 0.2) is 0 Å². The normalized spacial score (nSPS) is 25.1. The summed E-state index contributed by atoms with van der Waals surface area (Å²) in [4.78, 5) is 8.36. The molecule has 1 heterocycles. The highest BCUT2D eigenvalue weighted by atomic mass is 15.1. The maximum Gasteiger partial charge on any atom is 0.129 e. The van der Waals surface area contributed by atoms with Crippen LogP contribution in [0.15, 0.2) is 12.4 Å². The van der Waals surface area contributed by atoms with E-state index in [1.54, 1.807) is 6.33 Å². The van der Waals surface area contributed by atoms with Crippen LogP contribution in [0.1, 0.15) is 31.9 Å². The van der Waals surface area contributed by atoms with Crippen LogP contribution < -0.4 is 11.1 Å². The Balaban J connectivity index is 2.06. The van der Waals surface area contributed by atoms with E-state index in [1.807, 2.05) is 6.07 Å². The lowest BCUT2D eigenvalue weighted by Crippen LogP contribution is -2.14. The Morgan fingerprint density at radius 3 is 2.79 bits per heavy atom. The molecule has 0 amide bonds. The van der Waals surface area contributed by atoms with E-state index in [0.29, 0.717) is 18.0 Å². The molecule has 1 aromatic heterocycles. The number of aromatic nitrogens is 2. The van der Waals surface area contributed by atoms with Crippen LogP contribution >= 0.6 is 0 Å². The Bertz CT molecular complexity index is 324. The fourth-order valence-corrected chi connectivity index (χ4v) is 1.34. The first kappa shape index (κ1) is 9.40. The molecule has 0 bridgehead atoms. The van der Waals surface area contributed by atoms with Gasteiger partial charge in [0.2, 0.25) is 0 Å². The minimum atomic E-state index is 0.299. The fourth-order valence-electron chi connectivity index (χ4n) is 1.34. The monoisotopic (exact) mass is 192 g/mol. The van der Waals surface area contributed by atoms with Gasteiger partial charge in [-0.05, 0) is 12.3 Å². The molecule has 14 heavy (non-hydrogen) atoms. The van der Waals surface area contributed by atoms with E-state index in [-0.39, 0.29) is 0 Å². The summed E-state index contributed by atoms with van der Waals surface area (Å²) in [5.74, 6) is 1.33. The van der Waals surface area contributed by atoms with Crippen LogP contribution in [-0.4, -0.2) is 22.1 Å². The van der Waals surface area contributed by atoms with E-state index in [2.05, 4.69) is 29.1 Å². The second-order valence-corrected chi connectivity index (χ2v) is 4.13. The Labute approximate surface area is 83.9 Å². The van der Waals surface area contributed by atoms with Gasteiger partial charge in [-0.25, -0.2) is 9.97 Å². The third-order valence-corrected chi connectivity index (χ3v) is 2.45. The zero-order valence-corrected chi connectivity index (χ0v) is 8.57. The Morgan fingerprint density at radius 2 is 2.21 bits per heavy atom. The number of hydrogen-bond acceptors (Lipinski definition) is 4. The quantitative estimate of drug-likeness (QED) is 0.753. The Morgan fingerprint density at radius 1 is 1.50 bits per heavy atom. The molecule has 1 fully saturated rings. The second kappa shape index (κ2) is 3.53. The highest BCUT2D eigenvalue weighted by molar-refractivity contribution is 5.39. The maximum atomic E-state index is 5.71. The third kappa shape index (κ3) is 2.01. The predicted molar refractivity (Wildman–Crippen MR) is 56.1 cm³/mol. The number of rotatable bonds is 3. The molecule has 4 nitrogen and oxygen atoms in total. The first-order chi connectivity index (χ1) is 6.66. The molecule has 2 atom stereocenters. The lowest BCUT2D eigenvalue weighted by molar-refractivity contribution is 0.813. The van der Waals surface area contributed by atoms with E-state index in [0.717, 1.165) is 17.9 Å². The lowest BCUT2D eigenvalue weighted by atomic mass is 10.1. The van der Waals surface area contributed by atoms with Crippen LogP contribution in [0.4, 0.5) is 5.82 Å². The molecule has 1 aliphatic carbocycles. The van der Waals surface area contributed by atoms with Gasteiger partial charge in [0.05, 0.1) is 0 Å². The van der Waals surface area contributed by atoms with Gasteiger partial charge in [0, 0.05) is 23.8 Å². The summed E-state index contributed by atoms with van der Waals surface area (Å²) in [6.07, 6.45) is 2.65. The van der Waals surface area contributed by atoms with Gasteiger partial charge in [-0.3, -0.25) is 0 Å². The van der Waals surface area contributed by atoms with Gasteiger partial charge in [-0.2, -0.15) is 0 Å². The molecule has 0 radical (unpaired) electrons. The van der Waals surface area contributed by atoms with Gasteiger partial charge in [-0.15, -0.1) is 0 Å². The SMILES string of the molecule is CC(C)c1cc(NC2CC2N)ncn1. The molecular formula is C10H16N4. The molecule has 4 heteroatoms. The van der Waals surface area contributed by atoms with E-state index in [1.165, 1.54) is 0 Å². The third-order valence-electron chi connectivity index (χ3n) is 2.45. The topological polar surface area (TPSA) is 63.8 Å². The molecule has 0 aromatic carbocycles. The summed E-state index contributed by atoms with van der Waals surface area (Å²) >= 11 is 0. The molecule has 76 valence electrons. The van der Waals surface area contributed by atoms with Crippen LogP contribution in [0, 0.1) is 0 Å². The summed E-state index contributed by atoms with van der Waals surface area (Å²) in [5, 5.41) is 3.28. The lowest BCUT2D eigenvalue weighted by Gasteiger charge is -2.07. The van der Waals surface area contributed by atoms with Crippen molar-refractivity contribution in [1.29, 1.82) is 0 Å². The minimum absolute atomic E-state index is 0.299. The largest absolute Gasteiger partial charge is 0.366 e. The zero-order chi connectivity index (χ0) is 10.1. The van der Waals surface area contributed by atoms with Crippen molar-refractivity contribution in [3.8, 4) is 0 Å². The molecule has 3 N–H and O–H groups in total. The summed E-state index contributed by atoms with van der Waals surface area (Å²) in [5.41, 5.74) is 6.77. The first-order valence-electron chi connectivity index (χ1n) is 5.01. The van der Waals surface area contributed by atoms with Crippen LogP contribution in [0.5, 0.6) is 0 Å². The number of hydrogen-bond donors (Lipinski definition) is 2. The zero-order valence-electron chi connectivity index (χ0n) is 8.57. The molecule has 0 spiro atoms. The predicted octanol–water partition coefficient (Wildman–Crippen LogP) is 1.11. The van der Waals surface area contributed by atoms with Gasteiger partial charge in [-0.1, -0.05) is 13.8 Å². The van der Waals surface area contributed by atoms with Crippen molar-refractivity contribution in [2.24, 2.45) is 5.73 Å². The van der Waals surface area contributed by atoms with E-state index >= 15 is 0 Å². The van der Waals surface area contributed by atoms with Crippen LogP contribution in [-0.2, 0) is 0 Å². The summed E-state index contributed by atoms with van der Waals surface area (Å²) < 4.78 is 0. The standard InChI is InChI=1S/C10H16N4/c1-6(2)8-4-10(13-5-12-8)14-9-3-7(9)11/h4-7,9H,3,11H2,1-2H3,(H,12,13,14). The van der Waals surface area contributed by atoms with Crippen LogP contribution in [0.25, 0.3) is 0 Å². The summed E-state index contributed by atoms with van der Waals surface area (Å²) in [6.45, 7) is 4.24.